The second-order valence-corrected chi connectivity index (χ2v) is 11.3. The monoisotopic (exact) mass is 474 g/mol. The van der Waals surface area contributed by atoms with E-state index in [0.717, 1.165) is 90.0 Å². The molecule has 0 aromatic heterocycles. The molecule has 34 heavy (non-hydrogen) atoms. The second kappa shape index (κ2) is 9.27. The van der Waals surface area contributed by atoms with Crippen molar-refractivity contribution in [3.05, 3.63) is 24.3 Å². The molecule has 0 atom stereocenters. The highest BCUT2D eigenvalue weighted by atomic mass is 16.5. The normalized spacial score (nSPS) is 25.6. The molecule has 6 heteroatoms. The molecule has 4 fully saturated rings. The molecule has 190 valence electrons. The lowest BCUT2D eigenvalue weighted by molar-refractivity contribution is -0.251. The zero-order chi connectivity index (χ0) is 23.9. The highest BCUT2D eigenvalue weighted by molar-refractivity contribution is 5.32. The van der Waals surface area contributed by atoms with Crippen molar-refractivity contribution in [1.29, 1.82) is 0 Å². The third kappa shape index (κ3) is 3.76. The second-order valence-electron chi connectivity index (χ2n) is 11.3. The maximum absolute atomic E-state index is 6.76. The van der Waals surface area contributed by atoms with Crippen LogP contribution in [0.15, 0.2) is 24.3 Å². The fourth-order valence-corrected chi connectivity index (χ4v) is 6.29. The van der Waals surface area contributed by atoms with Gasteiger partial charge in [0.25, 0.3) is 0 Å². The fourth-order valence-electron chi connectivity index (χ4n) is 6.29. The van der Waals surface area contributed by atoms with Crippen LogP contribution in [0.4, 0.5) is 0 Å². The highest BCUT2D eigenvalue weighted by Gasteiger charge is 2.59. The third-order valence-electron chi connectivity index (χ3n) is 9.49. The van der Waals surface area contributed by atoms with E-state index in [1.807, 2.05) is 0 Å². The smallest absolute Gasteiger partial charge is 0.120 e. The predicted octanol–water partition coefficient (Wildman–Crippen LogP) is 4.89. The topological polar surface area (TPSA) is 55.4 Å². The largest absolute Gasteiger partial charge is 0.489 e. The van der Waals surface area contributed by atoms with Crippen LogP contribution in [0.3, 0.4) is 0 Å². The third-order valence-corrected chi connectivity index (χ3v) is 9.49. The minimum atomic E-state index is 0.0650. The first-order valence-corrected chi connectivity index (χ1v) is 13.2. The van der Waals surface area contributed by atoms with E-state index in [9.17, 15) is 0 Å². The Morgan fingerprint density at radius 3 is 0.912 bits per heavy atom. The summed E-state index contributed by atoms with van der Waals surface area (Å²) in [4.78, 5) is 0. The molecule has 1 aromatic carbocycles. The molecule has 0 amide bonds. The molecule has 0 N–H and O–H groups in total. The van der Waals surface area contributed by atoms with Gasteiger partial charge >= 0.3 is 0 Å². The predicted molar refractivity (Wildman–Crippen MR) is 129 cm³/mol. The van der Waals surface area contributed by atoms with Crippen molar-refractivity contribution in [2.45, 2.75) is 65.6 Å². The van der Waals surface area contributed by atoms with E-state index in [1.54, 1.807) is 0 Å². The highest BCUT2D eigenvalue weighted by Crippen LogP contribution is 2.51. The van der Waals surface area contributed by atoms with Crippen LogP contribution in [-0.2, 0) is 18.9 Å². The van der Waals surface area contributed by atoms with Crippen LogP contribution >= 0.6 is 0 Å². The Bertz CT molecular complexity index is 685. The van der Waals surface area contributed by atoms with Crippen LogP contribution in [0.5, 0.6) is 11.5 Å². The summed E-state index contributed by atoms with van der Waals surface area (Å²) < 4.78 is 36.2. The minimum absolute atomic E-state index is 0.0650. The average Bonchev–Trinajstić information content (AvgIpc) is 2.73. The molecule has 6 nitrogen and oxygen atoms in total. The molecule has 4 saturated heterocycles. The lowest BCUT2D eigenvalue weighted by Crippen LogP contribution is -2.65. The first-order chi connectivity index (χ1) is 16.5. The molecular formula is C28H42O6. The van der Waals surface area contributed by atoms with Gasteiger partial charge in [0.05, 0.1) is 74.5 Å². The Kier molecular flexibility index (Phi) is 6.64. The lowest BCUT2D eigenvalue weighted by atomic mass is 9.63. The van der Waals surface area contributed by atoms with E-state index >= 15 is 0 Å². The Balaban J connectivity index is 1.34. The summed E-state index contributed by atoms with van der Waals surface area (Å²) in [7, 11) is 0. The molecule has 0 saturated carbocycles. The zero-order valence-electron chi connectivity index (χ0n) is 21.4. The van der Waals surface area contributed by atoms with Gasteiger partial charge in [-0.25, -0.2) is 0 Å². The Morgan fingerprint density at radius 2 is 0.765 bits per heavy atom. The Hall–Kier alpha value is -1.34. The summed E-state index contributed by atoms with van der Waals surface area (Å²) in [6, 6.07) is 8.27. The SMILES string of the molecule is CCC1(C(Oc2ccc(OC(C3(CC)COC3)C3(CC)COC3)cc2)C2(CC)COC2)COC1. The van der Waals surface area contributed by atoms with Gasteiger partial charge in [0.1, 0.15) is 23.7 Å². The van der Waals surface area contributed by atoms with E-state index < -0.39 is 0 Å². The van der Waals surface area contributed by atoms with Gasteiger partial charge in [-0.05, 0) is 49.9 Å². The van der Waals surface area contributed by atoms with Gasteiger partial charge in [0.2, 0.25) is 0 Å². The van der Waals surface area contributed by atoms with Gasteiger partial charge in [-0.2, -0.15) is 0 Å². The molecule has 5 rings (SSSR count). The van der Waals surface area contributed by atoms with Gasteiger partial charge in [-0.3, -0.25) is 0 Å². The first-order valence-electron chi connectivity index (χ1n) is 13.2. The summed E-state index contributed by atoms with van der Waals surface area (Å²) in [5, 5.41) is 0. The van der Waals surface area contributed by atoms with Crippen molar-refractivity contribution < 1.29 is 28.4 Å². The van der Waals surface area contributed by atoms with E-state index in [2.05, 4.69) is 52.0 Å². The maximum Gasteiger partial charge on any atom is 0.120 e. The van der Waals surface area contributed by atoms with Gasteiger partial charge in [0.15, 0.2) is 0 Å². The number of hydrogen-bond donors (Lipinski definition) is 0. The maximum atomic E-state index is 6.76. The molecule has 0 bridgehead atoms. The van der Waals surface area contributed by atoms with Crippen LogP contribution in [0, 0.1) is 21.7 Å². The molecule has 4 aliphatic heterocycles. The molecule has 0 radical (unpaired) electrons. The van der Waals surface area contributed by atoms with Gasteiger partial charge < -0.3 is 28.4 Å². The number of ether oxygens (including phenoxy) is 6. The van der Waals surface area contributed by atoms with Gasteiger partial charge in [-0.15, -0.1) is 0 Å². The standard InChI is InChI=1S/C28H42O6/c1-5-25(13-29-14-25)23(26(6-2)15-30-16-26)33-21-9-11-22(12-10-21)34-24(27(7-3)17-31-18-27)28(8-4)19-32-20-28/h9-12,23-24H,5-8,13-20H2,1-4H3. The average molecular weight is 475 g/mol. The van der Waals surface area contributed by atoms with Crippen LogP contribution in [-0.4, -0.2) is 65.1 Å². The summed E-state index contributed by atoms with van der Waals surface area (Å²) in [6.07, 6.45) is 4.36. The molecule has 4 aliphatic rings. The molecular weight excluding hydrogens is 432 g/mol. The van der Waals surface area contributed by atoms with Crippen LogP contribution in [0.2, 0.25) is 0 Å². The summed E-state index contributed by atoms with van der Waals surface area (Å²) in [5.74, 6) is 1.78. The van der Waals surface area contributed by atoms with Crippen LogP contribution < -0.4 is 9.47 Å². The van der Waals surface area contributed by atoms with Crippen molar-refractivity contribution in [2.24, 2.45) is 21.7 Å². The quantitative estimate of drug-likeness (QED) is 0.430. The van der Waals surface area contributed by atoms with Crippen molar-refractivity contribution in [2.75, 3.05) is 52.9 Å². The van der Waals surface area contributed by atoms with Gasteiger partial charge in [0, 0.05) is 0 Å². The lowest BCUT2D eigenvalue weighted by Gasteiger charge is -2.56. The van der Waals surface area contributed by atoms with E-state index in [0.29, 0.717) is 0 Å². The minimum Gasteiger partial charge on any atom is -0.489 e. The molecule has 0 unspecified atom stereocenters. The van der Waals surface area contributed by atoms with E-state index in [4.69, 9.17) is 28.4 Å². The molecule has 4 heterocycles. The molecule has 1 aromatic rings. The van der Waals surface area contributed by atoms with Crippen molar-refractivity contribution >= 4 is 0 Å². The summed E-state index contributed by atoms with van der Waals surface area (Å²) in [6.45, 7) is 15.1. The van der Waals surface area contributed by atoms with Crippen molar-refractivity contribution in [1.82, 2.24) is 0 Å². The number of hydrogen-bond acceptors (Lipinski definition) is 6. The molecule has 0 spiro atoms. The first kappa shape index (κ1) is 24.4. The van der Waals surface area contributed by atoms with Crippen molar-refractivity contribution in [3.8, 4) is 11.5 Å². The number of rotatable bonds is 12. The van der Waals surface area contributed by atoms with Crippen LogP contribution in [0.1, 0.15) is 53.4 Å². The molecule has 0 aliphatic carbocycles. The summed E-state index contributed by atoms with van der Waals surface area (Å²) in [5.41, 5.74) is 0.260. The number of benzene rings is 1. The van der Waals surface area contributed by atoms with E-state index in [-0.39, 0.29) is 33.9 Å². The Morgan fingerprint density at radius 1 is 0.529 bits per heavy atom. The van der Waals surface area contributed by atoms with Crippen molar-refractivity contribution in [3.63, 3.8) is 0 Å². The zero-order valence-corrected chi connectivity index (χ0v) is 21.4. The van der Waals surface area contributed by atoms with Crippen LogP contribution in [0.25, 0.3) is 0 Å². The Labute approximate surface area is 204 Å². The fraction of sp³-hybridized carbons (Fsp3) is 0.786. The summed E-state index contributed by atoms with van der Waals surface area (Å²) >= 11 is 0. The van der Waals surface area contributed by atoms with E-state index in [1.165, 1.54) is 0 Å². The van der Waals surface area contributed by atoms with Gasteiger partial charge in [-0.1, -0.05) is 27.7 Å².